The summed E-state index contributed by atoms with van der Waals surface area (Å²) in [4.78, 5) is 13.4. The number of allylic oxidation sites excluding steroid dienone is 4. The van der Waals surface area contributed by atoms with E-state index in [0.29, 0.717) is 36.3 Å². The molecule has 8 heteroatoms. The number of hydrogen-bond acceptors (Lipinski definition) is 8. The molecule has 0 saturated carbocycles. The first kappa shape index (κ1) is 25.4. The van der Waals surface area contributed by atoms with Gasteiger partial charge in [0.05, 0.1) is 27.0 Å². The quantitative estimate of drug-likeness (QED) is 0.231. The van der Waals surface area contributed by atoms with Crippen LogP contribution in [0.2, 0.25) is 0 Å². The third kappa shape index (κ3) is 7.40. The Hall–Kier alpha value is -4.20. The van der Waals surface area contributed by atoms with Crippen molar-refractivity contribution in [2.75, 3.05) is 26.3 Å². The van der Waals surface area contributed by atoms with E-state index in [4.69, 9.17) is 14.2 Å². The van der Waals surface area contributed by atoms with Crippen molar-refractivity contribution in [3.05, 3.63) is 83.2 Å². The number of benzene rings is 2. The molecule has 0 amide bonds. The SMILES string of the molecule is C/C=C\C(=C/C)c1nc(N/N=C/c2cccc(C)c2)nc(OCCc2ccc(OC)c(OC)c2)n1. The van der Waals surface area contributed by atoms with Gasteiger partial charge in [-0.1, -0.05) is 54.1 Å². The predicted molar refractivity (Wildman–Crippen MR) is 139 cm³/mol. The Bertz CT molecular complexity index is 1220. The number of nitrogens with one attached hydrogen (secondary N) is 1. The van der Waals surface area contributed by atoms with E-state index >= 15 is 0 Å². The van der Waals surface area contributed by atoms with Gasteiger partial charge in [0, 0.05) is 12.0 Å². The molecule has 0 aliphatic carbocycles. The fraction of sp³-hybridized carbons (Fsp3) is 0.259. The van der Waals surface area contributed by atoms with Crippen LogP contribution in [0, 0.1) is 6.92 Å². The summed E-state index contributed by atoms with van der Waals surface area (Å²) >= 11 is 0. The normalized spacial score (nSPS) is 11.7. The van der Waals surface area contributed by atoms with Gasteiger partial charge in [0.15, 0.2) is 17.3 Å². The molecule has 1 heterocycles. The number of nitrogens with zero attached hydrogens (tertiary/aromatic N) is 4. The second-order valence-corrected chi connectivity index (χ2v) is 7.58. The van der Waals surface area contributed by atoms with E-state index in [1.807, 2.05) is 81.5 Å². The van der Waals surface area contributed by atoms with Crippen LogP contribution in [0.4, 0.5) is 5.95 Å². The van der Waals surface area contributed by atoms with Gasteiger partial charge in [-0.2, -0.15) is 20.1 Å². The first-order valence-electron chi connectivity index (χ1n) is 11.3. The molecular formula is C27H31N5O3. The summed E-state index contributed by atoms with van der Waals surface area (Å²) in [6.45, 7) is 6.28. The van der Waals surface area contributed by atoms with Crippen molar-refractivity contribution in [3.8, 4) is 17.5 Å². The van der Waals surface area contributed by atoms with E-state index in [0.717, 1.165) is 22.3 Å². The largest absolute Gasteiger partial charge is 0.493 e. The van der Waals surface area contributed by atoms with Crippen molar-refractivity contribution in [1.29, 1.82) is 0 Å². The molecule has 0 atom stereocenters. The van der Waals surface area contributed by atoms with Crippen molar-refractivity contribution >= 4 is 17.7 Å². The minimum atomic E-state index is 0.215. The van der Waals surface area contributed by atoms with Crippen LogP contribution < -0.4 is 19.6 Å². The molecule has 35 heavy (non-hydrogen) atoms. The van der Waals surface area contributed by atoms with Gasteiger partial charge in [0.1, 0.15) is 0 Å². The van der Waals surface area contributed by atoms with Gasteiger partial charge >= 0.3 is 6.01 Å². The topological polar surface area (TPSA) is 90.8 Å². The van der Waals surface area contributed by atoms with E-state index in [1.54, 1.807) is 20.4 Å². The summed E-state index contributed by atoms with van der Waals surface area (Å²) in [6.07, 6.45) is 8.16. The van der Waals surface area contributed by atoms with Crippen LogP contribution in [0.25, 0.3) is 5.57 Å². The minimum absolute atomic E-state index is 0.215. The summed E-state index contributed by atoms with van der Waals surface area (Å²) in [7, 11) is 3.23. The number of ether oxygens (including phenoxy) is 3. The standard InChI is InChI=1S/C27H31N5O3/c1-6-9-22(7-2)25-29-26(32-28-18-21-11-8-10-19(3)16-21)31-27(30-25)35-15-14-20-12-13-23(33-4)24(17-20)34-5/h6-13,16-18H,14-15H2,1-5H3,(H,29,30,31,32)/b9-6-,22-7+,28-18+. The average molecular weight is 474 g/mol. The number of hydrazone groups is 1. The Morgan fingerprint density at radius 2 is 1.83 bits per heavy atom. The highest BCUT2D eigenvalue weighted by molar-refractivity contribution is 5.80. The molecule has 0 bridgehead atoms. The molecule has 0 radical (unpaired) electrons. The molecule has 8 nitrogen and oxygen atoms in total. The van der Waals surface area contributed by atoms with Gasteiger partial charge in [0.25, 0.3) is 0 Å². The molecule has 0 spiro atoms. The number of hydrogen-bond donors (Lipinski definition) is 1. The first-order chi connectivity index (χ1) is 17.1. The van der Waals surface area contributed by atoms with Crippen molar-refractivity contribution in [2.24, 2.45) is 5.10 Å². The Kier molecular flexibility index (Phi) is 9.36. The third-order valence-corrected chi connectivity index (χ3v) is 5.02. The molecule has 0 fully saturated rings. The van der Waals surface area contributed by atoms with Gasteiger partial charge < -0.3 is 14.2 Å². The van der Waals surface area contributed by atoms with Gasteiger partial charge in [-0.25, -0.2) is 5.43 Å². The van der Waals surface area contributed by atoms with E-state index in [1.165, 1.54) is 0 Å². The Morgan fingerprint density at radius 1 is 1.00 bits per heavy atom. The number of aromatic nitrogens is 3. The van der Waals surface area contributed by atoms with Crippen molar-refractivity contribution in [2.45, 2.75) is 27.2 Å². The highest BCUT2D eigenvalue weighted by atomic mass is 16.5. The molecule has 182 valence electrons. The Balaban J connectivity index is 1.76. The maximum Gasteiger partial charge on any atom is 0.321 e. The Labute approximate surface area is 206 Å². The van der Waals surface area contributed by atoms with Gasteiger partial charge in [-0.15, -0.1) is 0 Å². The highest BCUT2D eigenvalue weighted by Gasteiger charge is 2.11. The first-order valence-corrected chi connectivity index (χ1v) is 11.3. The van der Waals surface area contributed by atoms with E-state index in [2.05, 4.69) is 25.5 Å². The van der Waals surface area contributed by atoms with E-state index in [-0.39, 0.29) is 6.01 Å². The van der Waals surface area contributed by atoms with Crippen LogP contribution in [0.3, 0.4) is 0 Å². The molecule has 0 aliphatic heterocycles. The number of anilines is 1. The van der Waals surface area contributed by atoms with Crippen LogP contribution in [0.5, 0.6) is 17.5 Å². The zero-order valence-corrected chi connectivity index (χ0v) is 20.8. The summed E-state index contributed by atoms with van der Waals surface area (Å²) in [5.74, 6) is 2.15. The van der Waals surface area contributed by atoms with Crippen LogP contribution in [-0.2, 0) is 6.42 Å². The summed E-state index contributed by atoms with van der Waals surface area (Å²) in [5, 5.41) is 4.28. The number of rotatable bonds is 11. The van der Waals surface area contributed by atoms with Crippen molar-refractivity contribution < 1.29 is 14.2 Å². The maximum absolute atomic E-state index is 5.90. The monoisotopic (exact) mass is 473 g/mol. The summed E-state index contributed by atoms with van der Waals surface area (Å²) in [6, 6.07) is 14.0. The molecule has 3 aromatic rings. The van der Waals surface area contributed by atoms with Crippen LogP contribution in [-0.4, -0.2) is 42.0 Å². The molecular weight excluding hydrogens is 442 g/mol. The molecule has 0 saturated heterocycles. The van der Waals surface area contributed by atoms with Crippen molar-refractivity contribution in [3.63, 3.8) is 0 Å². The molecule has 3 rings (SSSR count). The van der Waals surface area contributed by atoms with Gasteiger partial charge in [-0.05, 0) is 44.0 Å². The number of methoxy groups -OCH3 is 2. The maximum atomic E-state index is 5.90. The zero-order valence-electron chi connectivity index (χ0n) is 20.8. The number of aryl methyl sites for hydroxylation is 1. The third-order valence-electron chi connectivity index (χ3n) is 5.02. The lowest BCUT2D eigenvalue weighted by Crippen LogP contribution is -2.09. The molecule has 0 aliphatic rings. The minimum Gasteiger partial charge on any atom is -0.493 e. The molecule has 1 aromatic heterocycles. The van der Waals surface area contributed by atoms with Gasteiger partial charge in [0.2, 0.25) is 5.95 Å². The van der Waals surface area contributed by atoms with Crippen molar-refractivity contribution in [1.82, 2.24) is 15.0 Å². The average Bonchev–Trinajstić information content (AvgIpc) is 2.87. The fourth-order valence-electron chi connectivity index (χ4n) is 3.29. The van der Waals surface area contributed by atoms with Gasteiger partial charge in [-0.3, -0.25) is 0 Å². The van der Waals surface area contributed by atoms with E-state index < -0.39 is 0 Å². The molecule has 1 N–H and O–H groups in total. The Morgan fingerprint density at radius 3 is 2.54 bits per heavy atom. The van der Waals surface area contributed by atoms with Crippen LogP contribution in [0.15, 0.2) is 65.8 Å². The zero-order chi connectivity index (χ0) is 25.0. The summed E-state index contributed by atoms with van der Waals surface area (Å²) < 4.78 is 16.6. The lowest BCUT2D eigenvalue weighted by molar-refractivity contribution is 0.295. The molecule has 2 aromatic carbocycles. The lowest BCUT2D eigenvalue weighted by atomic mass is 10.1. The second-order valence-electron chi connectivity index (χ2n) is 7.58. The fourth-order valence-corrected chi connectivity index (χ4v) is 3.29. The van der Waals surface area contributed by atoms with Crippen LogP contribution >= 0.6 is 0 Å². The van der Waals surface area contributed by atoms with E-state index in [9.17, 15) is 0 Å². The summed E-state index contributed by atoms with van der Waals surface area (Å²) in [5.41, 5.74) is 6.92. The van der Waals surface area contributed by atoms with Crippen LogP contribution in [0.1, 0.15) is 36.4 Å². The highest BCUT2D eigenvalue weighted by Crippen LogP contribution is 2.27. The molecule has 0 unspecified atom stereocenters. The second kappa shape index (κ2) is 12.9. The lowest BCUT2D eigenvalue weighted by Gasteiger charge is -2.11. The smallest absolute Gasteiger partial charge is 0.321 e. The predicted octanol–water partition coefficient (Wildman–Crippen LogP) is 5.24.